The van der Waals surface area contributed by atoms with Gasteiger partial charge in [0.15, 0.2) is 0 Å². The molecule has 1 aliphatic heterocycles. The molecule has 1 saturated carbocycles. The number of ether oxygens (including phenoxy) is 1. The van der Waals surface area contributed by atoms with E-state index in [2.05, 4.69) is 13.8 Å². The minimum absolute atomic E-state index is 0.104. The number of aliphatic hydroxyl groups excluding tert-OH is 1. The topological polar surface area (TPSA) is 29.5 Å². The molecule has 15 heavy (non-hydrogen) atoms. The molecule has 2 aliphatic rings. The molecule has 88 valence electrons. The molecule has 0 amide bonds. The van der Waals surface area contributed by atoms with Crippen molar-refractivity contribution < 1.29 is 9.84 Å². The van der Waals surface area contributed by atoms with Crippen LogP contribution < -0.4 is 0 Å². The van der Waals surface area contributed by atoms with Crippen LogP contribution in [0.1, 0.15) is 52.4 Å². The summed E-state index contributed by atoms with van der Waals surface area (Å²) >= 11 is 0. The zero-order chi connectivity index (χ0) is 10.8. The molecule has 0 bridgehead atoms. The molecule has 0 aromatic heterocycles. The van der Waals surface area contributed by atoms with Crippen LogP contribution in [0, 0.1) is 11.8 Å². The molecule has 0 aromatic carbocycles. The van der Waals surface area contributed by atoms with E-state index < -0.39 is 0 Å². The Labute approximate surface area is 93.0 Å². The lowest BCUT2D eigenvalue weighted by molar-refractivity contribution is -0.156. The van der Waals surface area contributed by atoms with Crippen LogP contribution in [0.5, 0.6) is 0 Å². The molecule has 0 spiro atoms. The molecule has 1 N–H and O–H groups in total. The normalized spacial score (nSPS) is 46.2. The lowest BCUT2D eigenvalue weighted by atomic mass is 9.75. The fourth-order valence-electron chi connectivity index (χ4n) is 3.20. The van der Waals surface area contributed by atoms with Crippen LogP contribution in [0.2, 0.25) is 0 Å². The van der Waals surface area contributed by atoms with Gasteiger partial charge in [-0.2, -0.15) is 0 Å². The molecule has 0 radical (unpaired) electrons. The van der Waals surface area contributed by atoms with Crippen molar-refractivity contribution in [3.63, 3.8) is 0 Å². The first-order valence-corrected chi connectivity index (χ1v) is 6.54. The molecule has 2 fully saturated rings. The lowest BCUT2D eigenvalue weighted by Crippen LogP contribution is -2.47. The van der Waals surface area contributed by atoms with E-state index >= 15 is 0 Å². The van der Waals surface area contributed by atoms with Gasteiger partial charge in [0.05, 0.1) is 18.3 Å². The Morgan fingerprint density at radius 2 is 2.07 bits per heavy atom. The van der Waals surface area contributed by atoms with E-state index in [0.29, 0.717) is 18.1 Å². The van der Waals surface area contributed by atoms with Crippen LogP contribution in [-0.4, -0.2) is 23.4 Å². The van der Waals surface area contributed by atoms with Crippen molar-refractivity contribution in [2.24, 2.45) is 11.8 Å². The van der Waals surface area contributed by atoms with Crippen molar-refractivity contribution >= 4 is 0 Å². The van der Waals surface area contributed by atoms with Crippen molar-refractivity contribution in [3.8, 4) is 0 Å². The zero-order valence-electron chi connectivity index (χ0n) is 9.98. The summed E-state index contributed by atoms with van der Waals surface area (Å²) in [7, 11) is 0. The van der Waals surface area contributed by atoms with Crippen molar-refractivity contribution in [1.29, 1.82) is 0 Å². The first-order valence-electron chi connectivity index (χ1n) is 6.54. The van der Waals surface area contributed by atoms with E-state index in [9.17, 15) is 5.11 Å². The van der Waals surface area contributed by atoms with E-state index in [0.717, 1.165) is 38.0 Å². The van der Waals surface area contributed by atoms with Gasteiger partial charge in [-0.3, -0.25) is 0 Å². The van der Waals surface area contributed by atoms with E-state index in [4.69, 9.17) is 4.74 Å². The van der Waals surface area contributed by atoms with Crippen LogP contribution in [-0.2, 0) is 4.74 Å². The number of hydrogen-bond donors (Lipinski definition) is 1. The Morgan fingerprint density at radius 3 is 2.80 bits per heavy atom. The van der Waals surface area contributed by atoms with Crippen LogP contribution in [0.25, 0.3) is 0 Å². The van der Waals surface area contributed by atoms with Gasteiger partial charge in [-0.05, 0) is 31.6 Å². The van der Waals surface area contributed by atoms with Gasteiger partial charge >= 0.3 is 0 Å². The molecular formula is C13H24O2. The fourth-order valence-corrected chi connectivity index (χ4v) is 3.20. The highest BCUT2D eigenvalue weighted by Gasteiger charge is 2.40. The second kappa shape index (κ2) is 4.84. The number of hydrogen-bond acceptors (Lipinski definition) is 2. The molecular weight excluding hydrogens is 188 g/mol. The Bertz CT molecular complexity index is 205. The van der Waals surface area contributed by atoms with Crippen LogP contribution in [0.15, 0.2) is 0 Å². The summed E-state index contributed by atoms with van der Waals surface area (Å²) in [5.41, 5.74) is 0. The van der Waals surface area contributed by atoms with Crippen LogP contribution in [0.3, 0.4) is 0 Å². The van der Waals surface area contributed by atoms with Gasteiger partial charge in [0, 0.05) is 5.92 Å². The van der Waals surface area contributed by atoms with Gasteiger partial charge in [-0.15, -0.1) is 0 Å². The predicted octanol–water partition coefficient (Wildman–Crippen LogP) is 2.74. The average Bonchev–Trinajstić information content (AvgIpc) is 2.17. The quantitative estimate of drug-likeness (QED) is 0.762. The monoisotopic (exact) mass is 212 g/mol. The second-order valence-electron chi connectivity index (χ2n) is 5.47. The predicted molar refractivity (Wildman–Crippen MR) is 60.7 cm³/mol. The highest BCUT2D eigenvalue weighted by Crippen LogP contribution is 2.39. The molecule has 2 rings (SSSR count). The van der Waals surface area contributed by atoms with Crippen molar-refractivity contribution in [1.82, 2.24) is 0 Å². The van der Waals surface area contributed by atoms with Gasteiger partial charge in [-0.1, -0.05) is 26.7 Å². The molecule has 1 aliphatic carbocycles. The van der Waals surface area contributed by atoms with Crippen molar-refractivity contribution in [3.05, 3.63) is 0 Å². The standard InChI is InChI=1S/C13H24O2/c1-3-4-10-8-12(14)11-6-5-9(2)7-13(11)15-10/h9-14H,3-8H2,1-2H3. The maximum Gasteiger partial charge on any atom is 0.0634 e. The molecule has 2 heteroatoms. The van der Waals surface area contributed by atoms with Gasteiger partial charge in [0.2, 0.25) is 0 Å². The first-order chi connectivity index (χ1) is 7.20. The molecule has 0 aromatic rings. The lowest BCUT2D eigenvalue weighted by Gasteiger charge is -2.44. The third kappa shape index (κ3) is 2.54. The van der Waals surface area contributed by atoms with E-state index in [1.54, 1.807) is 0 Å². The summed E-state index contributed by atoms with van der Waals surface area (Å²) < 4.78 is 6.11. The number of aliphatic hydroxyl groups is 1. The zero-order valence-corrected chi connectivity index (χ0v) is 9.98. The molecule has 2 nitrogen and oxygen atoms in total. The number of fused-ring (bicyclic) bond motifs is 1. The Hall–Kier alpha value is -0.0800. The summed E-state index contributed by atoms with van der Waals surface area (Å²) in [4.78, 5) is 0. The average molecular weight is 212 g/mol. The van der Waals surface area contributed by atoms with Gasteiger partial charge < -0.3 is 9.84 Å². The molecule has 1 heterocycles. The van der Waals surface area contributed by atoms with Crippen LogP contribution in [0.4, 0.5) is 0 Å². The Kier molecular flexibility index (Phi) is 3.68. The summed E-state index contributed by atoms with van der Waals surface area (Å²) in [5, 5.41) is 10.1. The summed E-state index contributed by atoms with van der Waals surface area (Å²) in [6.07, 6.45) is 7.26. The van der Waals surface area contributed by atoms with Crippen molar-refractivity contribution in [2.45, 2.75) is 70.7 Å². The minimum atomic E-state index is -0.104. The summed E-state index contributed by atoms with van der Waals surface area (Å²) in [6.45, 7) is 4.49. The molecule has 5 unspecified atom stereocenters. The molecule has 1 saturated heterocycles. The smallest absolute Gasteiger partial charge is 0.0634 e. The Morgan fingerprint density at radius 1 is 1.27 bits per heavy atom. The van der Waals surface area contributed by atoms with E-state index in [-0.39, 0.29) is 6.10 Å². The van der Waals surface area contributed by atoms with Gasteiger partial charge in [-0.25, -0.2) is 0 Å². The maximum atomic E-state index is 10.1. The highest BCUT2D eigenvalue weighted by atomic mass is 16.5. The largest absolute Gasteiger partial charge is 0.393 e. The molecule has 5 atom stereocenters. The van der Waals surface area contributed by atoms with Gasteiger partial charge in [0.1, 0.15) is 0 Å². The highest BCUT2D eigenvalue weighted by molar-refractivity contribution is 4.89. The minimum Gasteiger partial charge on any atom is -0.393 e. The van der Waals surface area contributed by atoms with Crippen molar-refractivity contribution in [2.75, 3.05) is 0 Å². The summed E-state index contributed by atoms with van der Waals surface area (Å²) in [6, 6.07) is 0. The van der Waals surface area contributed by atoms with E-state index in [1.807, 2.05) is 0 Å². The fraction of sp³-hybridized carbons (Fsp3) is 1.00. The third-order valence-corrected chi connectivity index (χ3v) is 4.08. The maximum absolute atomic E-state index is 10.1. The van der Waals surface area contributed by atoms with Gasteiger partial charge in [0.25, 0.3) is 0 Å². The Balaban J connectivity index is 1.96. The van der Waals surface area contributed by atoms with E-state index in [1.165, 1.54) is 6.42 Å². The second-order valence-corrected chi connectivity index (χ2v) is 5.47. The summed E-state index contributed by atoms with van der Waals surface area (Å²) in [5.74, 6) is 1.20. The number of rotatable bonds is 2. The first kappa shape index (κ1) is 11.4. The SMILES string of the molecule is CCCC1CC(O)C2CCC(C)CC2O1. The third-order valence-electron chi connectivity index (χ3n) is 4.08. The van der Waals surface area contributed by atoms with Crippen LogP contribution >= 0.6 is 0 Å².